The summed E-state index contributed by atoms with van der Waals surface area (Å²) in [6.07, 6.45) is 5.55. The summed E-state index contributed by atoms with van der Waals surface area (Å²) in [5.41, 5.74) is 5.92. The minimum atomic E-state index is -0.788. The van der Waals surface area contributed by atoms with Crippen molar-refractivity contribution in [3.63, 3.8) is 0 Å². The van der Waals surface area contributed by atoms with Gasteiger partial charge in [-0.1, -0.05) is 31.5 Å². The summed E-state index contributed by atoms with van der Waals surface area (Å²) >= 11 is 0. The summed E-state index contributed by atoms with van der Waals surface area (Å²) in [4.78, 5) is 11.8. The van der Waals surface area contributed by atoms with E-state index in [1.54, 1.807) is 0 Å². The summed E-state index contributed by atoms with van der Waals surface area (Å²) in [5, 5.41) is 0. The van der Waals surface area contributed by atoms with Crippen LogP contribution in [0.2, 0.25) is 0 Å². The predicted molar refractivity (Wildman–Crippen MR) is 71.5 cm³/mol. The molecule has 18 heavy (non-hydrogen) atoms. The number of primary amides is 1. The van der Waals surface area contributed by atoms with E-state index in [2.05, 4.69) is 6.92 Å². The van der Waals surface area contributed by atoms with Crippen LogP contribution < -0.4 is 10.5 Å². The molecule has 0 atom stereocenters. The Morgan fingerprint density at radius 3 is 2.56 bits per heavy atom. The third-order valence-corrected chi connectivity index (χ3v) is 3.77. The van der Waals surface area contributed by atoms with Crippen LogP contribution in [0.1, 0.15) is 44.6 Å². The van der Waals surface area contributed by atoms with Crippen LogP contribution in [0.4, 0.5) is 0 Å². The van der Waals surface area contributed by atoms with Gasteiger partial charge in [-0.2, -0.15) is 0 Å². The van der Waals surface area contributed by atoms with Gasteiger partial charge in [0.05, 0.1) is 0 Å². The number of nitrogens with two attached hydrogens (primary N) is 1. The van der Waals surface area contributed by atoms with E-state index >= 15 is 0 Å². The zero-order valence-corrected chi connectivity index (χ0v) is 10.9. The van der Waals surface area contributed by atoms with Crippen molar-refractivity contribution in [3.05, 3.63) is 29.8 Å². The predicted octanol–water partition coefficient (Wildman–Crippen LogP) is 2.82. The van der Waals surface area contributed by atoms with Crippen molar-refractivity contribution in [1.29, 1.82) is 0 Å². The number of aryl methyl sites for hydroxylation is 1. The van der Waals surface area contributed by atoms with Gasteiger partial charge >= 0.3 is 0 Å². The van der Waals surface area contributed by atoms with Crippen LogP contribution in [0.15, 0.2) is 24.3 Å². The van der Waals surface area contributed by atoms with Crippen LogP contribution in [0.25, 0.3) is 0 Å². The molecule has 0 radical (unpaired) electrons. The van der Waals surface area contributed by atoms with Gasteiger partial charge in [-0.05, 0) is 43.7 Å². The van der Waals surface area contributed by atoms with E-state index in [1.165, 1.54) is 0 Å². The highest BCUT2D eigenvalue weighted by Crippen LogP contribution is 2.34. The summed E-state index contributed by atoms with van der Waals surface area (Å²) in [6.45, 7) is 2.08. The second-order valence-corrected chi connectivity index (χ2v) is 4.98. The summed E-state index contributed by atoms with van der Waals surface area (Å²) in [7, 11) is 0. The Morgan fingerprint density at radius 2 is 1.94 bits per heavy atom. The van der Waals surface area contributed by atoms with Crippen molar-refractivity contribution in [2.24, 2.45) is 5.73 Å². The van der Waals surface area contributed by atoms with Gasteiger partial charge in [0.2, 0.25) is 0 Å². The number of para-hydroxylation sites is 1. The van der Waals surface area contributed by atoms with E-state index in [0.717, 1.165) is 49.8 Å². The van der Waals surface area contributed by atoms with Crippen molar-refractivity contribution in [2.75, 3.05) is 0 Å². The first kappa shape index (κ1) is 12.9. The van der Waals surface area contributed by atoms with Gasteiger partial charge in [0.1, 0.15) is 5.75 Å². The maximum absolute atomic E-state index is 11.8. The van der Waals surface area contributed by atoms with E-state index in [9.17, 15) is 4.79 Å². The SMILES string of the molecule is CCc1ccccc1OC1(C(N)=O)CCCCC1. The molecule has 1 aromatic rings. The van der Waals surface area contributed by atoms with Crippen LogP contribution in [0.3, 0.4) is 0 Å². The molecule has 98 valence electrons. The van der Waals surface area contributed by atoms with Crippen LogP contribution in [-0.4, -0.2) is 11.5 Å². The molecule has 0 bridgehead atoms. The smallest absolute Gasteiger partial charge is 0.261 e. The first-order valence-corrected chi connectivity index (χ1v) is 6.75. The molecule has 1 saturated carbocycles. The average Bonchev–Trinajstić information content (AvgIpc) is 2.40. The normalized spacial score (nSPS) is 18.3. The molecular weight excluding hydrogens is 226 g/mol. The summed E-state index contributed by atoms with van der Waals surface area (Å²) in [5.74, 6) is 0.480. The Balaban J connectivity index is 2.26. The fourth-order valence-corrected chi connectivity index (χ4v) is 2.63. The molecule has 2 rings (SSSR count). The first-order valence-electron chi connectivity index (χ1n) is 6.75. The third-order valence-electron chi connectivity index (χ3n) is 3.77. The molecule has 1 fully saturated rings. The number of amides is 1. The second kappa shape index (κ2) is 5.42. The second-order valence-electron chi connectivity index (χ2n) is 4.98. The average molecular weight is 247 g/mol. The van der Waals surface area contributed by atoms with Gasteiger partial charge in [0, 0.05) is 0 Å². The molecule has 1 aliphatic carbocycles. The monoisotopic (exact) mass is 247 g/mol. The van der Waals surface area contributed by atoms with Crippen molar-refractivity contribution < 1.29 is 9.53 Å². The molecule has 3 heteroatoms. The first-order chi connectivity index (χ1) is 8.68. The number of hydrogen-bond donors (Lipinski definition) is 1. The van der Waals surface area contributed by atoms with E-state index in [4.69, 9.17) is 10.5 Å². The number of rotatable bonds is 4. The Bertz CT molecular complexity index is 422. The zero-order valence-electron chi connectivity index (χ0n) is 10.9. The highest BCUT2D eigenvalue weighted by Gasteiger charge is 2.40. The summed E-state index contributed by atoms with van der Waals surface area (Å²) in [6, 6.07) is 7.89. The maximum atomic E-state index is 11.8. The van der Waals surface area contributed by atoms with Crippen molar-refractivity contribution in [2.45, 2.75) is 51.0 Å². The van der Waals surface area contributed by atoms with Gasteiger partial charge < -0.3 is 10.5 Å². The van der Waals surface area contributed by atoms with Gasteiger partial charge in [-0.25, -0.2) is 0 Å². The lowest BCUT2D eigenvalue weighted by atomic mass is 9.84. The van der Waals surface area contributed by atoms with Gasteiger partial charge in [0.15, 0.2) is 5.60 Å². The van der Waals surface area contributed by atoms with Crippen LogP contribution in [0, 0.1) is 0 Å². The minimum absolute atomic E-state index is 0.326. The van der Waals surface area contributed by atoms with Crippen molar-refractivity contribution >= 4 is 5.91 Å². The van der Waals surface area contributed by atoms with Crippen molar-refractivity contribution in [1.82, 2.24) is 0 Å². The quantitative estimate of drug-likeness (QED) is 0.889. The fraction of sp³-hybridized carbons (Fsp3) is 0.533. The van der Waals surface area contributed by atoms with Crippen LogP contribution in [0.5, 0.6) is 5.75 Å². The van der Waals surface area contributed by atoms with E-state index in [1.807, 2.05) is 24.3 Å². The number of benzene rings is 1. The molecule has 2 N–H and O–H groups in total. The fourth-order valence-electron chi connectivity index (χ4n) is 2.63. The minimum Gasteiger partial charge on any atom is -0.477 e. The third kappa shape index (κ3) is 2.50. The number of carbonyl (C=O) groups is 1. The molecule has 0 unspecified atom stereocenters. The molecule has 0 heterocycles. The topological polar surface area (TPSA) is 52.3 Å². The largest absolute Gasteiger partial charge is 0.477 e. The lowest BCUT2D eigenvalue weighted by molar-refractivity contribution is -0.136. The molecule has 0 aromatic heterocycles. The highest BCUT2D eigenvalue weighted by molar-refractivity contribution is 5.84. The Kier molecular flexibility index (Phi) is 3.90. The van der Waals surface area contributed by atoms with Gasteiger partial charge in [-0.15, -0.1) is 0 Å². The van der Waals surface area contributed by atoms with E-state index < -0.39 is 5.60 Å². The number of hydrogen-bond acceptors (Lipinski definition) is 2. The lowest BCUT2D eigenvalue weighted by Gasteiger charge is -2.35. The number of carbonyl (C=O) groups excluding carboxylic acids is 1. The molecule has 1 aliphatic rings. The van der Waals surface area contributed by atoms with E-state index in [0.29, 0.717) is 0 Å². The molecule has 1 aromatic carbocycles. The zero-order chi connectivity index (χ0) is 13.0. The Hall–Kier alpha value is -1.51. The van der Waals surface area contributed by atoms with Gasteiger partial charge in [0.25, 0.3) is 5.91 Å². The maximum Gasteiger partial charge on any atom is 0.261 e. The van der Waals surface area contributed by atoms with Crippen molar-refractivity contribution in [3.8, 4) is 5.75 Å². The van der Waals surface area contributed by atoms with Gasteiger partial charge in [-0.3, -0.25) is 4.79 Å². The van der Waals surface area contributed by atoms with Crippen LogP contribution in [-0.2, 0) is 11.2 Å². The summed E-state index contributed by atoms with van der Waals surface area (Å²) < 4.78 is 6.05. The Labute approximate surface area is 108 Å². The Morgan fingerprint density at radius 1 is 1.28 bits per heavy atom. The molecule has 0 saturated heterocycles. The standard InChI is InChI=1S/C15H21NO2/c1-2-12-8-4-5-9-13(12)18-15(14(16)17)10-6-3-7-11-15/h4-5,8-9H,2-3,6-7,10-11H2,1H3,(H2,16,17). The highest BCUT2D eigenvalue weighted by atomic mass is 16.5. The van der Waals surface area contributed by atoms with E-state index in [-0.39, 0.29) is 5.91 Å². The molecule has 0 aliphatic heterocycles. The molecular formula is C15H21NO2. The lowest BCUT2D eigenvalue weighted by Crippen LogP contribution is -2.50. The molecule has 0 spiro atoms. The molecule has 3 nitrogen and oxygen atoms in total. The van der Waals surface area contributed by atoms with Crippen LogP contribution >= 0.6 is 0 Å². The molecule has 1 amide bonds. The number of ether oxygens (including phenoxy) is 1.